The molecule has 0 aliphatic carbocycles. The van der Waals surface area contributed by atoms with Gasteiger partial charge in [0.15, 0.2) is 0 Å². The van der Waals surface area contributed by atoms with E-state index in [1.54, 1.807) is 105 Å². The number of nitrogens with zero attached hydrogens (tertiary/aromatic N) is 7. The first-order valence-corrected chi connectivity index (χ1v) is 20.0. The standard InChI is InChI=1S/C21H21N5O2.C15H10ClN3O.C8H4BrClN2/c1-13(27)26-8-5-16(12-26)25-17-10-18(20-19(11-17)23-6-7-24-20)14-3-2-4-15(9-14)21(22)28;16-11-7-12(14-13(8-11)18-4-5-19-14)9-2-1-3-10(6-9)15(17)20;9-6-3-5(10)4-7-8(6)12-2-1-11-7/h2-4,6-7,9-11,16,25H,5,8,12H2,1H3,(H2,22,28);1-8H,(H2,17,20);1-4H. The first kappa shape index (κ1) is 41.5. The molecule has 0 radical (unpaired) electrons. The lowest BCUT2D eigenvalue weighted by atomic mass is 10.00. The summed E-state index contributed by atoms with van der Waals surface area (Å²) in [5.74, 6) is -0.844. The lowest BCUT2D eigenvalue weighted by Gasteiger charge is -2.17. The van der Waals surface area contributed by atoms with Crippen molar-refractivity contribution in [3.8, 4) is 22.3 Å². The minimum absolute atomic E-state index is 0.0950. The maximum Gasteiger partial charge on any atom is 0.248 e. The SMILES string of the molecule is CC(=O)N1CCC(Nc2cc(-c3cccc(C(N)=O)c3)c3nccnc3c2)C1.Clc1cc(Br)c2nccnc2c1.NC(=O)c1cccc(-c2cc(Cl)cc3nccnc23)c1. The third-order valence-electron chi connectivity index (χ3n) is 9.52. The van der Waals surface area contributed by atoms with Crippen LogP contribution in [0.1, 0.15) is 34.1 Å². The molecule has 5 N–H and O–H groups in total. The summed E-state index contributed by atoms with van der Waals surface area (Å²) in [6.07, 6.45) is 10.7. The van der Waals surface area contributed by atoms with Crippen molar-refractivity contribution in [3.63, 3.8) is 0 Å². The minimum Gasteiger partial charge on any atom is -0.380 e. The van der Waals surface area contributed by atoms with Gasteiger partial charge in [0.1, 0.15) is 5.52 Å². The van der Waals surface area contributed by atoms with Crippen LogP contribution in [0.5, 0.6) is 0 Å². The van der Waals surface area contributed by atoms with E-state index in [0.29, 0.717) is 33.2 Å². The Hall–Kier alpha value is -6.61. The maximum atomic E-state index is 11.6. The summed E-state index contributed by atoms with van der Waals surface area (Å²) >= 11 is 15.3. The Bertz CT molecular complexity index is 2920. The van der Waals surface area contributed by atoms with Crippen LogP contribution < -0.4 is 16.8 Å². The van der Waals surface area contributed by atoms with Gasteiger partial charge < -0.3 is 21.7 Å². The quantitative estimate of drug-likeness (QED) is 0.146. The minimum atomic E-state index is -0.471. The summed E-state index contributed by atoms with van der Waals surface area (Å²) in [6, 6.07) is 25.5. The number of carbonyl (C=O) groups is 3. The van der Waals surface area contributed by atoms with E-state index in [1.165, 1.54) is 0 Å². The van der Waals surface area contributed by atoms with Crippen LogP contribution in [-0.2, 0) is 4.79 Å². The first-order chi connectivity index (χ1) is 28.9. The van der Waals surface area contributed by atoms with E-state index in [1.807, 2.05) is 29.2 Å². The van der Waals surface area contributed by atoms with E-state index < -0.39 is 11.8 Å². The Labute approximate surface area is 362 Å². The van der Waals surface area contributed by atoms with Crippen LogP contribution >= 0.6 is 39.1 Å². The topological polar surface area (TPSA) is 196 Å². The van der Waals surface area contributed by atoms with Gasteiger partial charge in [-0.2, -0.15) is 0 Å². The Morgan fingerprint density at radius 3 is 1.67 bits per heavy atom. The Morgan fingerprint density at radius 2 is 1.13 bits per heavy atom. The molecule has 4 heterocycles. The number of hydrogen-bond acceptors (Lipinski definition) is 10. The number of benzene rings is 5. The molecule has 1 saturated heterocycles. The summed E-state index contributed by atoms with van der Waals surface area (Å²) in [4.78, 5) is 62.1. The van der Waals surface area contributed by atoms with E-state index in [4.69, 9.17) is 34.7 Å². The van der Waals surface area contributed by atoms with E-state index in [9.17, 15) is 14.4 Å². The second-order valence-electron chi connectivity index (χ2n) is 13.6. The molecule has 300 valence electrons. The first-order valence-electron chi connectivity index (χ1n) is 18.5. The highest BCUT2D eigenvalue weighted by molar-refractivity contribution is 9.10. The number of likely N-dealkylation sites (tertiary alicyclic amines) is 1. The molecule has 60 heavy (non-hydrogen) atoms. The van der Waals surface area contributed by atoms with E-state index >= 15 is 0 Å². The second-order valence-corrected chi connectivity index (χ2v) is 15.3. The van der Waals surface area contributed by atoms with Crippen molar-refractivity contribution in [2.24, 2.45) is 11.5 Å². The van der Waals surface area contributed by atoms with E-state index in [2.05, 4.69) is 51.2 Å². The van der Waals surface area contributed by atoms with Crippen LogP contribution in [0.3, 0.4) is 0 Å². The van der Waals surface area contributed by atoms with Crippen molar-refractivity contribution in [1.82, 2.24) is 34.8 Å². The largest absolute Gasteiger partial charge is 0.380 e. The number of aromatic nitrogens is 6. The number of carbonyl (C=O) groups excluding carboxylic acids is 3. The van der Waals surface area contributed by atoms with Crippen molar-refractivity contribution < 1.29 is 14.4 Å². The fraction of sp³-hybridized carbons (Fsp3) is 0.114. The molecule has 1 aliphatic heterocycles. The molecule has 8 aromatic rings. The van der Waals surface area contributed by atoms with Crippen molar-refractivity contribution >= 4 is 95.6 Å². The molecule has 13 nitrogen and oxygen atoms in total. The van der Waals surface area contributed by atoms with Gasteiger partial charge >= 0.3 is 0 Å². The number of nitrogens with two attached hydrogens (primary N) is 2. The monoisotopic (exact) mass is 900 g/mol. The molecule has 5 aromatic carbocycles. The zero-order chi connectivity index (χ0) is 42.3. The van der Waals surface area contributed by atoms with Crippen molar-refractivity contribution in [3.05, 3.63) is 148 Å². The fourth-order valence-electron chi connectivity index (χ4n) is 6.72. The highest BCUT2D eigenvalue weighted by Gasteiger charge is 2.24. The van der Waals surface area contributed by atoms with E-state index in [0.717, 1.165) is 73.0 Å². The molecular formula is C44H35BrCl2N10O3. The van der Waals surface area contributed by atoms with Gasteiger partial charge in [-0.3, -0.25) is 44.3 Å². The number of anilines is 1. The van der Waals surface area contributed by atoms with Gasteiger partial charge in [0.05, 0.1) is 27.6 Å². The number of primary amides is 2. The zero-order valence-corrected chi connectivity index (χ0v) is 35.0. The van der Waals surface area contributed by atoms with Gasteiger partial charge in [-0.25, -0.2) is 0 Å². The lowest BCUT2D eigenvalue weighted by Crippen LogP contribution is -2.29. The second kappa shape index (κ2) is 18.5. The lowest BCUT2D eigenvalue weighted by molar-refractivity contribution is -0.127. The predicted molar refractivity (Wildman–Crippen MR) is 239 cm³/mol. The zero-order valence-electron chi connectivity index (χ0n) is 31.9. The van der Waals surface area contributed by atoms with Gasteiger partial charge in [0.2, 0.25) is 17.7 Å². The highest BCUT2D eigenvalue weighted by atomic mass is 79.9. The summed E-state index contributed by atoms with van der Waals surface area (Å²) in [6.45, 7) is 3.03. The average molecular weight is 903 g/mol. The van der Waals surface area contributed by atoms with Crippen LogP contribution in [0.2, 0.25) is 10.0 Å². The number of amides is 3. The molecule has 0 saturated carbocycles. The summed E-state index contributed by atoms with van der Waals surface area (Å²) in [5.41, 5.74) is 20.5. The molecule has 1 unspecified atom stereocenters. The average Bonchev–Trinajstić information content (AvgIpc) is 3.72. The summed E-state index contributed by atoms with van der Waals surface area (Å²) in [5, 5.41) is 4.74. The molecule has 1 aliphatic rings. The molecule has 16 heteroatoms. The number of hydrogen-bond donors (Lipinski definition) is 3. The molecular weight excluding hydrogens is 867 g/mol. The third-order valence-corrected chi connectivity index (χ3v) is 10.6. The van der Waals surface area contributed by atoms with Crippen LogP contribution in [0.15, 0.2) is 127 Å². The van der Waals surface area contributed by atoms with Crippen molar-refractivity contribution in [2.75, 3.05) is 18.4 Å². The van der Waals surface area contributed by atoms with Crippen LogP contribution in [-0.4, -0.2) is 71.7 Å². The molecule has 1 fully saturated rings. The van der Waals surface area contributed by atoms with Crippen LogP contribution in [0.4, 0.5) is 5.69 Å². The van der Waals surface area contributed by atoms with Crippen molar-refractivity contribution in [2.45, 2.75) is 19.4 Å². The molecule has 3 amide bonds. The Kier molecular flexibility index (Phi) is 12.8. The number of nitrogens with one attached hydrogen (secondary N) is 1. The maximum absolute atomic E-state index is 11.6. The smallest absolute Gasteiger partial charge is 0.248 e. The molecule has 1 atom stereocenters. The molecule has 9 rings (SSSR count). The highest BCUT2D eigenvalue weighted by Crippen LogP contribution is 2.32. The molecule has 0 spiro atoms. The Balaban J connectivity index is 0.000000148. The third kappa shape index (κ3) is 9.80. The Morgan fingerprint density at radius 1 is 0.650 bits per heavy atom. The normalized spacial score (nSPS) is 13.3. The van der Waals surface area contributed by atoms with Gasteiger partial charge in [0.25, 0.3) is 0 Å². The van der Waals surface area contributed by atoms with E-state index in [-0.39, 0.29) is 11.9 Å². The van der Waals surface area contributed by atoms with Gasteiger partial charge in [0, 0.05) is 106 Å². The van der Waals surface area contributed by atoms with Crippen LogP contribution in [0.25, 0.3) is 55.4 Å². The molecule has 3 aromatic heterocycles. The van der Waals surface area contributed by atoms with Crippen molar-refractivity contribution in [1.29, 1.82) is 0 Å². The summed E-state index contributed by atoms with van der Waals surface area (Å²) in [7, 11) is 0. The summed E-state index contributed by atoms with van der Waals surface area (Å²) < 4.78 is 0.873. The number of fused-ring (bicyclic) bond motifs is 3. The number of halogens is 3. The van der Waals surface area contributed by atoms with Gasteiger partial charge in [-0.05, 0) is 94.1 Å². The number of rotatable bonds is 6. The molecule has 0 bridgehead atoms. The van der Waals surface area contributed by atoms with Gasteiger partial charge in [-0.1, -0.05) is 47.5 Å². The fourth-order valence-corrected chi connectivity index (χ4v) is 7.83. The van der Waals surface area contributed by atoms with Crippen LogP contribution in [0, 0.1) is 0 Å². The van der Waals surface area contributed by atoms with Gasteiger partial charge in [-0.15, -0.1) is 0 Å². The predicted octanol–water partition coefficient (Wildman–Crippen LogP) is 8.52.